The number of aromatic nitrogens is 1. The van der Waals surface area contributed by atoms with Crippen LogP contribution in [-0.2, 0) is 0 Å². The molecule has 2 N–H and O–H groups in total. The van der Waals surface area contributed by atoms with E-state index < -0.39 is 0 Å². The Morgan fingerprint density at radius 3 is 2.86 bits per heavy atom. The molecule has 1 aromatic carbocycles. The molecule has 0 fully saturated rings. The van der Waals surface area contributed by atoms with Gasteiger partial charge in [-0.15, -0.1) is 4.91 Å². The Balaban J connectivity index is 3.00. The molecule has 0 saturated carbocycles. The third-order valence-corrected chi connectivity index (χ3v) is 2.47. The zero-order valence-corrected chi connectivity index (χ0v) is 8.09. The minimum absolute atomic E-state index is 0.0336. The number of halogens is 1. The number of nitrogens with zero attached hydrogens (tertiary/aromatic N) is 1. The first-order chi connectivity index (χ1) is 6.65. The average molecular weight is 211 g/mol. The first kappa shape index (κ1) is 9.02. The zero-order valence-electron chi connectivity index (χ0n) is 7.34. The van der Waals surface area contributed by atoms with Crippen LogP contribution in [0.4, 0.5) is 5.69 Å². The lowest BCUT2D eigenvalue weighted by atomic mass is 10.1. The lowest BCUT2D eigenvalue weighted by Gasteiger charge is -1.97. The standard InChI is InChI=1S/C9H7ClN2O2/c1-4-2-3-5(10)6-7(4)11-9(13)8(6)12-14/h2-3,11,13H,1H3. The molecule has 2 aromatic rings. The van der Waals surface area contributed by atoms with Gasteiger partial charge < -0.3 is 10.1 Å². The highest BCUT2D eigenvalue weighted by Gasteiger charge is 2.15. The van der Waals surface area contributed by atoms with E-state index >= 15 is 0 Å². The summed E-state index contributed by atoms with van der Waals surface area (Å²) in [6.45, 7) is 1.85. The van der Waals surface area contributed by atoms with Gasteiger partial charge in [-0.2, -0.15) is 0 Å². The van der Waals surface area contributed by atoms with Gasteiger partial charge in [0.15, 0.2) is 5.69 Å². The van der Waals surface area contributed by atoms with Crippen molar-refractivity contribution in [3.63, 3.8) is 0 Å². The van der Waals surface area contributed by atoms with E-state index in [9.17, 15) is 10.0 Å². The van der Waals surface area contributed by atoms with Crippen molar-refractivity contribution in [2.45, 2.75) is 6.92 Å². The second kappa shape index (κ2) is 2.99. The maximum Gasteiger partial charge on any atom is 0.219 e. The van der Waals surface area contributed by atoms with Crippen molar-refractivity contribution in [3.8, 4) is 5.88 Å². The predicted octanol–water partition coefficient (Wildman–Crippen LogP) is 3.23. The van der Waals surface area contributed by atoms with Crippen LogP contribution in [0.3, 0.4) is 0 Å². The maximum atomic E-state index is 10.5. The number of hydrogen-bond acceptors (Lipinski definition) is 3. The van der Waals surface area contributed by atoms with Gasteiger partial charge in [-0.25, -0.2) is 0 Å². The van der Waals surface area contributed by atoms with Crippen LogP contribution in [0.25, 0.3) is 10.9 Å². The van der Waals surface area contributed by atoms with E-state index in [0.29, 0.717) is 15.9 Å². The van der Waals surface area contributed by atoms with Crippen LogP contribution in [-0.4, -0.2) is 10.1 Å². The Morgan fingerprint density at radius 1 is 1.50 bits per heavy atom. The lowest BCUT2D eigenvalue weighted by molar-refractivity contribution is 0.460. The van der Waals surface area contributed by atoms with Crippen molar-refractivity contribution < 1.29 is 5.11 Å². The molecular weight excluding hydrogens is 204 g/mol. The molecule has 14 heavy (non-hydrogen) atoms. The molecule has 2 rings (SSSR count). The summed E-state index contributed by atoms with van der Waals surface area (Å²) in [5.41, 5.74) is 1.51. The highest BCUT2D eigenvalue weighted by Crippen LogP contribution is 2.40. The number of aromatic amines is 1. The third kappa shape index (κ3) is 1.08. The number of nitrogens with one attached hydrogen (secondary N) is 1. The van der Waals surface area contributed by atoms with Crippen molar-refractivity contribution in [3.05, 3.63) is 27.6 Å². The van der Waals surface area contributed by atoms with Gasteiger partial charge in [-0.1, -0.05) is 17.7 Å². The first-order valence-corrected chi connectivity index (χ1v) is 4.36. The lowest BCUT2D eigenvalue weighted by Crippen LogP contribution is -1.76. The van der Waals surface area contributed by atoms with E-state index in [0.717, 1.165) is 5.56 Å². The summed E-state index contributed by atoms with van der Waals surface area (Å²) >= 11 is 5.90. The van der Waals surface area contributed by atoms with E-state index in [1.54, 1.807) is 12.1 Å². The first-order valence-electron chi connectivity index (χ1n) is 3.98. The van der Waals surface area contributed by atoms with Gasteiger partial charge in [-0.3, -0.25) is 0 Å². The second-order valence-electron chi connectivity index (χ2n) is 3.03. The summed E-state index contributed by atoms with van der Waals surface area (Å²) in [6, 6.07) is 3.47. The van der Waals surface area contributed by atoms with Crippen LogP contribution in [0.15, 0.2) is 17.3 Å². The normalized spacial score (nSPS) is 10.7. The van der Waals surface area contributed by atoms with Gasteiger partial charge in [0, 0.05) is 0 Å². The molecule has 0 amide bonds. The quantitative estimate of drug-likeness (QED) is 0.710. The molecule has 0 aliphatic rings. The molecule has 0 unspecified atom stereocenters. The van der Waals surface area contributed by atoms with E-state index in [2.05, 4.69) is 10.2 Å². The predicted molar refractivity (Wildman–Crippen MR) is 55.2 cm³/mol. The maximum absolute atomic E-state index is 10.5. The van der Waals surface area contributed by atoms with Gasteiger partial charge >= 0.3 is 0 Å². The minimum Gasteiger partial charge on any atom is -0.493 e. The molecule has 1 heterocycles. The number of fused-ring (bicyclic) bond motifs is 1. The smallest absolute Gasteiger partial charge is 0.219 e. The fourth-order valence-electron chi connectivity index (χ4n) is 1.46. The SMILES string of the molecule is Cc1ccc(Cl)c2c(N=O)c(O)[nH]c12. The highest BCUT2D eigenvalue weighted by molar-refractivity contribution is 6.36. The van der Waals surface area contributed by atoms with Crippen molar-refractivity contribution in [1.29, 1.82) is 0 Å². The summed E-state index contributed by atoms with van der Waals surface area (Å²) in [5.74, 6) is -0.244. The zero-order chi connectivity index (χ0) is 10.3. The van der Waals surface area contributed by atoms with Crippen LogP contribution >= 0.6 is 11.6 Å². The van der Waals surface area contributed by atoms with Crippen LogP contribution in [0.5, 0.6) is 5.88 Å². The van der Waals surface area contributed by atoms with Gasteiger partial charge in [0.1, 0.15) is 0 Å². The Morgan fingerprint density at radius 2 is 2.21 bits per heavy atom. The fourth-order valence-corrected chi connectivity index (χ4v) is 1.71. The molecule has 0 bridgehead atoms. The minimum atomic E-state index is -0.244. The third-order valence-electron chi connectivity index (χ3n) is 2.16. The summed E-state index contributed by atoms with van der Waals surface area (Å²) < 4.78 is 0. The Hall–Kier alpha value is -1.55. The van der Waals surface area contributed by atoms with Gasteiger partial charge in [-0.05, 0) is 23.7 Å². The molecule has 72 valence electrons. The summed E-state index contributed by atoms with van der Waals surface area (Å²) in [6.07, 6.45) is 0. The second-order valence-corrected chi connectivity index (χ2v) is 3.43. The number of aromatic hydroxyl groups is 1. The Labute approximate surface area is 84.5 Å². The molecule has 5 heteroatoms. The molecule has 0 spiro atoms. The molecule has 0 saturated heterocycles. The monoisotopic (exact) mass is 210 g/mol. The molecule has 0 aliphatic carbocycles. The number of nitroso groups, excluding NO2 is 1. The summed E-state index contributed by atoms with van der Waals surface area (Å²) in [7, 11) is 0. The number of rotatable bonds is 1. The van der Waals surface area contributed by atoms with Crippen molar-refractivity contribution >= 4 is 28.2 Å². The largest absolute Gasteiger partial charge is 0.493 e. The molecule has 1 aromatic heterocycles. The van der Waals surface area contributed by atoms with E-state index in [1.807, 2.05) is 6.92 Å². The molecular formula is C9H7ClN2O2. The highest BCUT2D eigenvalue weighted by atomic mass is 35.5. The van der Waals surface area contributed by atoms with Gasteiger partial charge in [0.05, 0.1) is 15.9 Å². The van der Waals surface area contributed by atoms with Crippen LogP contribution in [0, 0.1) is 11.8 Å². The molecule has 0 aliphatic heterocycles. The number of aryl methyl sites for hydroxylation is 1. The van der Waals surface area contributed by atoms with Crippen LogP contribution in [0.1, 0.15) is 5.56 Å². The fraction of sp³-hybridized carbons (Fsp3) is 0.111. The summed E-state index contributed by atoms with van der Waals surface area (Å²) in [5, 5.41) is 13.0. The van der Waals surface area contributed by atoms with E-state index in [1.165, 1.54) is 0 Å². The van der Waals surface area contributed by atoms with Crippen molar-refractivity contribution in [2.24, 2.45) is 5.18 Å². The van der Waals surface area contributed by atoms with Gasteiger partial charge in [0.2, 0.25) is 5.88 Å². The van der Waals surface area contributed by atoms with Crippen LogP contribution in [0.2, 0.25) is 5.02 Å². The van der Waals surface area contributed by atoms with Crippen molar-refractivity contribution in [2.75, 3.05) is 0 Å². The number of hydrogen-bond donors (Lipinski definition) is 2. The summed E-state index contributed by atoms with van der Waals surface area (Å²) in [4.78, 5) is 13.1. The Kier molecular flexibility index (Phi) is 1.93. The molecule has 0 atom stereocenters. The van der Waals surface area contributed by atoms with Gasteiger partial charge in [0.25, 0.3) is 0 Å². The number of benzene rings is 1. The Bertz CT molecular complexity index is 519. The number of H-pyrrole nitrogens is 1. The van der Waals surface area contributed by atoms with E-state index in [-0.39, 0.29) is 11.6 Å². The molecule has 4 nitrogen and oxygen atoms in total. The van der Waals surface area contributed by atoms with E-state index in [4.69, 9.17) is 11.6 Å². The molecule has 0 radical (unpaired) electrons. The average Bonchev–Trinajstić information content (AvgIpc) is 2.50. The van der Waals surface area contributed by atoms with Crippen molar-refractivity contribution in [1.82, 2.24) is 4.98 Å². The van der Waals surface area contributed by atoms with Crippen LogP contribution < -0.4 is 0 Å². The topological polar surface area (TPSA) is 65.4 Å².